The fourth-order valence-electron chi connectivity index (χ4n) is 5.86. The predicted octanol–water partition coefficient (Wildman–Crippen LogP) is 4.13. The van der Waals surface area contributed by atoms with E-state index in [1.165, 1.54) is 6.20 Å². The number of ether oxygens (including phenoxy) is 1. The van der Waals surface area contributed by atoms with Gasteiger partial charge in [0, 0.05) is 42.1 Å². The van der Waals surface area contributed by atoms with Crippen LogP contribution in [0.25, 0.3) is 22.1 Å². The molecule has 186 valence electrons. The second-order valence-electron chi connectivity index (χ2n) is 10.5. The molecule has 6 heterocycles. The second kappa shape index (κ2) is 8.71. The molecular formula is C28H30FN5O2. The average molecular weight is 488 g/mol. The molecule has 1 saturated carbocycles. The summed E-state index contributed by atoms with van der Waals surface area (Å²) in [5, 5.41) is 3.66. The molecule has 4 aromatic heterocycles. The second-order valence-corrected chi connectivity index (χ2v) is 10.5. The Kier molecular flexibility index (Phi) is 5.61. The van der Waals surface area contributed by atoms with E-state index in [0.717, 1.165) is 54.3 Å². The molecule has 36 heavy (non-hydrogen) atoms. The summed E-state index contributed by atoms with van der Waals surface area (Å²) < 4.78 is 22.9. The van der Waals surface area contributed by atoms with Gasteiger partial charge in [0.15, 0.2) is 0 Å². The Labute approximate surface area is 208 Å². The fraction of sp³-hybridized carbons (Fsp3) is 0.429. The number of hydrogen-bond donors (Lipinski definition) is 1. The van der Waals surface area contributed by atoms with E-state index in [9.17, 15) is 9.18 Å². The third-order valence-corrected chi connectivity index (χ3v) is 8.23. The normalized spacial score (nSPS) is 23.5. The highest BCUT2D eigenvalue weighted by molar-refractivity contribution is 5.78. The number of halogens is 1. The molecule has 0 unspecified atom stereocenters. The number of rotatable bonds is 6. The number of pyridine rings is 4. The number of nitrogens with zero attached hydrogens (tertiary/aromatic N) is 4. The summed E-state index contributed by atoms with van der Waals surface area (Å²) in [5.74, 6) is -0.300. The Balaban J connectivity index is 1.14. The van der Waals surface area contributed by atoms with Crippen molar-refractivity contribution in [3.05, 3.63) is 75.7 Å². The minimum atomic E-state index is -0.300. The average Bonchev–Trinajstić information content (AvgIpc) is 2.90. The van der Waals surface area contributed by atoms with Gasteiger partial charge in [-0.3, -0.25) is 19.7 Å². The summed E-state index contributed by atoms with van der Waals surface area (Å²) in [7, 11) is 1.79. The van der Waals surface area contributed by atoms with Gasteiger partial charge in [0.1, 0.15) is 5.82 Å². The molecule has 3 aliphatic rings. The predicted molar refractivity (Wildman–Crippen MR) is 136 cm³/mol. The van der Waals surface area contributed by atoms with E-state index in [4.69, 9.17) is 4.74 Å². The van der Waals surface area contributed by atoms with Crippen molar-refractivity contribution in [2.24, 2.45) is 7.05 Å². The third kappa shape index (κ3) is 3.98. The molecule has 7 nitrogen and oxygen atoms in total. The SMILES string of the molecule is Cc1ccc2ncc(F)c(CCC34CCC(NCc5cc6ncccc6n(C)c5=O)(CC3)CO4)c2n1. The molecule has 4 aromatic rings. The quantitative estimate of drug-likeness (QED) is 0.441. The zero-order chi connectivity index (χ0) is 24.9. The molecule has 2 bridgehead atoms. The van der Waals surface area contributed by atoms with Crippen molar-refractivity contribution >= 4 is 22.1 Å². The van der Waals surface area contributed by atoms with Gasteiger partial charge in [-0.25, -0.2) is 4.39 Å². The first-order valence-corrected chi connectivity index (χ1v) is 12.6. The van der Waals surface area contributed by atoms with Crippen molar-refractivity contribution in [3.8, 4) is 0 Å². The third-order valence-electron chi connectivity index (χ3n) is 8.23. The lowest BCUT2D eigenvalue weighted by molar-refractivity contribution is -0.165. The summed E-state index contributed by atoms with van der Waals surface area (Å²) in [6, 6.07) is 9.44. The van der Waals surface area contributed by atoms with Crippen LogP contribution in [0.1, 0.15) is 48.9 Å². The number of aryl methyl sites for hydroxylation is 3. The molecule has 2 saturated heterocycles. The van der Waals surface area contributed by atoms with Crippen LogP contribution in [0.15, 0.2) is 47.5 Å². The Morgan fingerprint density at radius 1 is 1.14 bits per heavy atom. The minimum absolute atomic E-state index is 0.00302. The molecule has 3 fully saturated rings. The number of aromatic nitrogens is 4. The standard InChI is InChI=1S/C28H30FN5O2/c1-18-5-6-22-25(33-18)20(21(29)16-31-22)7-8-28-11-9-27(10-12-28,17-36-28)32-15-19-14-23-24(4-3-13-30-23)34(2)26(19)35/h3-6,13-14,16,32H,7-12,15,17H2,1-2H3. The first-order valence-electron chi connectivity index (χ1n) is 12.6. The van der Waals surface area contributed by atoms with Gasteiger partial charge in [-0.2, -0.15) is 0 Å². The van der Waals surface area contributed by atoms with E-state index >= 15 is 0 Å². The van der Waals surface area contributed by atoms with Crippen molar-refractivity contribution in [2.45, 2.75) is 63.1 Å². The molecule has 1 N–H and O–H groups in total. The first kappa shape index (κ1) is 23.2. The molecule has 0 spiro atoms. The molecule has 2 aliphatic heterocycles. The maximum Gasteiger partial charge on any atom is 0.255 e. The van der Waals surface area contributed by atoms with Crippen LogP contribution >= 0.6 is 0 Å². The van der Waals surface area contributed by atoms with Gasteiger partial charge < -0.3 is 14.6 Å². The highest BCUT2D eigenvalue weighted by atomic mass is 19.1. The van der Waals surface area contributed by atoms with Gasteiger partial charge >= 0.3 is 0 Å². The topological polar surface area (TPSA) is 81.9 Å². The van der Waals surface area contributed by atoms with Crippen molar-refractivity contribution in [3.63, 3.8) is 0 Å². The fourth-order valence-corrected chi connectivity index (χ4v) is 5.86. The van der Waals surface area contributed by atoms with Crippen LogP contribution in [-0.2, 0) is 24.8 Å². The summed E-state index contributed by atoms with van der Waals surface area (Å²) in [6.45, 7) is 2.99. The number of nitrogens with one attached hydrogen (secondary N) is 1. The van der Waals surface area contributed by atoms with E-state index in [2.05, 4.69) is 20.3 Å². The molecule has 0 amide bonds. The monoisotopic (exact) mass is 487 g/mol. The Bertz CT molecular complexity index is 1500. The van der Waals surface area contributed by atoms with Gasteiger partial charge in [-0.15, -0.1) is 0 Å². The van der Waals surface area contributed by atoms with Crippen molar-refractivity contribution < 1.29 is 9.13 Å². The smallest absolute Gasteiger partial charge is 0.255 e. The van der Waals surface area contributed by atoms with E-state index in [1.54, 1.807) is 17.8 Å². The number of hydrogen-bond acceptors (Lipinski definition) is 6. The highest BCUT2D eigenvalue weighted by Crippen LogP contribution is 2.46. The first-order chi connectivity index (χ1) is 17.4. The summed E-state index contributed by atoms with van der Waals surface area (Å²) in [5.41, 5.74) is 4.84. The van der Waals surface area contributed by atoms with Crippen LogP contribution in [0.5, 0.6) is 0 Å². The lowest BCUT2D eigenvalue weighted by Gasteiger charge is -2.53. The Hall–Kier alpha value is -3.23. The lowest BCUT2D eigenvalue weighted by atomic mass is 9.69. The molecule has 0 atom stereocenters. The van der Waals surface area contributed by atoms with Gasteiger partial charge in [0.05, 0.1) is 40.5 Å². The van der Waals surface area contributed by atoms with Crippen LogP contribution in [0.3, 0.4) is 0 Å². The van der Waals surface area contributed by atoms with E-state index < -0.39 is 0 Å². The molecule has 8 heteroatoms. The van der Waals surface area contributed by atoms with Crippen LogP contribution in [-0.4, -0.2) is 37.3 Å². The zero-order valence-electron chi connectivity index (χ0n) is 20.7. The summed E-state index contributed by atoms with van der Waals surface area (Å²) in [6.07, 6.45) is 8.13. The largest absolute Gasteiger partial charge is 0.373 e. The lowest BCUT2D eigenvalue weighted by Crippen LogP contribution is -2.61. The highest BCUT2D eigenvalue weighted by Gasteiger charge is 2.49. The number of fused-ring (bicyclic) bond motifs is 5. The summed E-state index contributed by atoms with van der Waals surface area (Å²) >= 11 is 0. The van der Waals surface area contributed by atoms with Gasteiger partial charge in [-0.1, -0.05) is 0 Å². The van der Waals surface area contributed by atoms with Gasteiger partial charge in [0.25, 0.3) is 5.56 Å². The van der Waals surface area contributed by atoms with Crippen molar-refractivity contribution in [1.82, 2.24) is 24.8 Å². The maximum atomic E-state index is 14.7. The van der Waals surface area contributed by atoms with E-state index in [-0.39, 0.29) is 22.5 Å². The van der Waals surface area contributed by atoms with E-state index in [1.807, 2.05) is 37.3 Å². The van der Waals surface area contributed by atoms with Crippen molar-refractivity contribution in [1.29, 1.82) is 0 Å². The molecule has 0 radical (unpaired) electrons. The van der Waals surface area contributed by atoms with Crippen LogP contribution in [0.2, 0.25) is 0 Å². The van der Waals surface area contributed by atoms with Crippen LogP contribution < -0.4 is 10.9 Å². The van der Waals surface area contributed by atoms with E-state index in [0.29, 0.717) is 36.2 Å². The summed E-state index contributed by atoms with van der Waals surface area (Å²) in [4.78, 5) is 26.1. The van der Waals surface area contributed by atoms with Crippen molar-refractivity contribution in [2.75, 3.05) is 6.61 Å². The zero-order valence-corrected chi connectivity index (χ0v) is 20.7. The molecule has 0 aromatic carbocycles. The van der Waals surface area contributed by atoms with Gasteiger partial charge in [-0.05, 0) is 75.8 Å². The van der Waals surface area contributed by atoms with Crippen LogP contribution in [0, 0.1) is 12.7 Å². The van der Waals surface area contributed by atoms with Crippen LogP contribution in [0.4, 0.5) is 4.39 Å². The Morgan fingerprint density at radius 2 is 1.97 bits per heavy atom. The maximum absolute atomic E-state index is 14.7. The molecule has 7 rings (SSSR count). The Morgan fingerprint density at radius 3 is 2.75 bits per heavy atom. The van der Waals surface area contributed by atoms with Gasteiger partial charge in [0.2, 0.25) is 0 Å². The minimum Gasteiger partial charge on any atom is -0.373 e. The molecular weight excluding hydrogens is 457 g/mol. The molecule has 1 aliphatic carbocycles.